The fraction of sp³-hybridized carbons (Fsp3) is 0. The fourth-order valence-corrected chi connectivity index (χ4v) is 1.51. The average molecular weight is 266 g/mol. The van der Waals surface area contributed by atoms with Gasteiger partial charge in [-0.2, -0.15) is 8.42 Å². The first-order valence-corrected chi connectivity index (χ1v) is 4.81. The van der Waals surface area contributed by atoms with Crippen LogP contribution >= 0.6 is 0 Å². The Balaban J connectivity index is 0. The van der Waals surface area contributed by atoms with E-state index in [-0.39, 0.29) is 59.1 Å². The summed E-state index contributed by atoms with van der Waals surface area (Å²) in [7, 11) is -4.60. The van der Waals surface area contributed by atoms with Crippen molar-refractivity contribution >= 4 is 75.2 Å². The SMILES string of the molecule is O=C(O)c1cccc(S(=O)(=O)O)c1O.[NaH].[NaH]. The van der Waals surface area contributed by atoms with Gasteiger partial charge in [0.15, 0.2) is 5.75 Å². The molecule has 6 nitrogen and oxygen atoms in total. The summed E-state index contributed by atoms with van der Waals surface area (Å²) in [6.45, 7) is 0. The van der Waals surface area contributed by atoms with Crippen LogP contribution in [0, 0.1) is 0 Å². The van der Waals surface area contributed by atoms with Gasteiger partial charge in [0, 0.05) is 0 Å². The second-order valence-electron chi connectivity index (χ2n) is 2.43. The van der Waals surface area contributed by atoms with Crippen molar-refractivity contribution in [1.82, 2.24) is 0 Å². The average Bonchev–Trinajstić information content (AvgIpc) is 2.01. The molecule has 0 aliphatic heterocycles. The number of hydrogen-bond donors (Lipinski definition) is 3. The molecular formula is C7H8Na2O6S. The summed E-state index contributed by atoms with van der Waals surface area (Å²) >= 11 is 0. The number of carbonyl (C=O) groups is 1. The van der Waals surface area contributed by atoms with Crippen molar-refractivity contribution in [2.24, 2.45) is 0 Å². The van der Waals surface area contributed by atoms with Gasteiger partial charge in [-0.3, -0.25) is 4.55 Å². The van der Waals surface area contributed by atoms with E-state index in [0.717, 1.165) is 18.2 Å². The molecule has 0 aliphatic carbocycles. The van der Waals surface area contributed by atoms with Gasteiger partial charge >= 0.3 is 65.1 Å². The third-order valence-corrected chi connectivity index (χ3v) is 2.39. The normalized spacial score (nSPS) is 9.81. The zero-order chi connectivity index (χ0) is 10.9. The zero-order valence-corrected chi connectivity index (χ0v) is 7.52. The molecule has 0 atom stereocenters. The molecule has 9 heteroatoms. The van der Waals surface area contributed by atoms with Gasteiger partial charge < -0.3 is 10.2 Å². The van der Waals surface area contributed by atoms with Crippen molar-refractivity contribution in [2.45, 2.75) is 4.90 Å². The first-order valence-electron chi connectivity index (χ1n) is 3.37. The van der Waals surface area contributed by atoms with Gasteiger partial charge in [0.05, 0.1) is 0 Å². The molecule has 0 radical (unpaired) electrons. The number of carboxylic acid groups (broad SMARTS) is 1. The minimum atomic E-state index is -4.60. The van der Waals surface area contributed by atoms with Crippen LogP contribution in [-0.4, -0.2) is 88.3 Å². The van der Waals surface area contributed by atoms with E-state index in [1.165, 1.54) is 0 Å². The molecule has 80 valence electrons. The molecule has 1 aromatic rings. The minimum absolute atomic E-state index is 0. The van der Waals surface area contributed by atoms with Gasteiger partial charge in [-0.25, -0.2) is 4.79 Å². The summed E-state index contributed by atoms with van der Waals surface area (Å²) < 4.78 is 29.9. The predicted molar refractivity (Wildman–Crippen MR) is 59.2 cm³/mol. The third kappa shape index (κ3) is 4.34. The Morgan fingerprint density at radius 3 is 2.06 bits per heavy atom. The number of aromatic hydroxyl groups is 1. The number of aromatic carboxylic acids is 1. The molecule has 1 rings (SSSR count). The molecule has 16 heavy (non-hydrogen) atoms. The van der Waals surface area contributed by atoms with Crippen molar-refractivity contribution in [2.75, 3.05) is 0 Å². The van der Waals surface area contributed by atoms with Crippen LogP contribution in [0.25, 0.3) is 0 Å². The van der Waals surface area contributed by atoms with E-state index in [2.05, 4.69) is 0 Å². The maximum absolute atomic E-state index is 10.6. The van der Waals surface area contributed by atoms with E-state index < -0.39 is 32.3 Å². The Hall–Kier alpha value is 0.400. The number of benzene rings is 1. The Labute approximate surface area is 136 Å². The van der Waals surface area contributed by atoms with Crippen LogP contribution in [-0.2, 0) is 10.1 Å². The van der Waals surface area contributed by atoms with Crippen LogP contribution in [0.3, 0.4) is 0 Å². The molecule has 0 bridgehead atoms. The fourth-order valence-electron chi connectivity index (χ4n) is 0.903. The van der Waals surface area contributed by atoms with Gasteiger partial charge in [0.25, 0.3) is 10.1 Å². The zero-order valence-electron chi connectivity index (χ0n) is 6.71. The van der Waals surface area contributed by atoms with E-state index in [1.54, 1.807) is 0 Å². The molecule has 0 saturated heterocycles. The maximum atomic E-state index is 10.6. The van der Waals surface area contributed by atoms with Crippen molar-refractivity contribution in [1.29, 1.82) is 0 Å². The second kappa shape index (κ2) is 6.97. The van der Waals surface area contributed by atoms with Crippen molar-refractivity contribution in [3.05, 3.63) is 23.8 Å². The summed E-state index contributed by atoms with van der Waals surface area (Å²) in [5, 5.41) is 17.7. The summed E-state index contributed by atoms with van der Waals surface area (Å²) in [5.74, 6) is -2.45. The van der Waals surface area contributed by atoms with Crippen LogP contribution in [0.1, 0.15) is 10.4 Å². The monoisotopic (exact) mass is 266 g/mol. The van der Waals surface area contributed by atoms with Crippen LogP contribution in [0.5, 0.6) is 5.75 Å². The number of rotatable bonds is 2. The molecule has 0 heterocycles. The molecule has 0 spiro atoms. The summed E-state index contributed by atoms with van der Waals surface area (Å²) in [5.41, 5.74) is -0.583. The van der Waals surface area contributed by atoms with Crippen LogP contribution in [0.15, 0.2) is 23.1 Å². The molecule has 0 unspecified atom stereocenters. The van der Waals surface area contributed by atoms with Gasteiger partial charge in [0.1, 0.15) is 10.5 Å². The third-order valence-electron chi connectivity index (χ3n) is 1.51. The van der Waals surface area contributed by atoms with Crippen LogP contribution in [0.2, 0.25) is 0 Å². The van der Waals surface area contributed by atoms with E-state index in [9.17, 15) is 18.3 Å². The first-order chi connectivity index (χ1) is 6.34. The number of carboxylic acids is 1. The van der Waals surface area contributed by atoms with E-state index in [1.807, 2.05) is 0 Å². The summed E-state index contributed by atoms with van der Waals surface area (Å²) in [6.07, 6.45) is 0. The summed E-state index contributed by atoms with van der Waals surface area (Å²) in [6, 6.07) is 3.02. The van der Waals surface area contributed by atoms with Crippen LogP contribution < -0.4 is 0 Å². The number of para-hydroxylation sites is 1. The van der Waals surface area contributed by atoms with Gasteiger partial charge in [-0.1, -0.05) is 6.07 Å². The first kappa shape index (κ1) is 18.8. The second-order valence-corrected chi connectivity index (χ2v) is 3.82. The van der Waals surface area contributed by atoms with E-state index >= 15 is 0 Å². The quantitative estimate of drug-likeness (QED) is 0.469. The topological polar surface area (TPSA) is 112 Å². The van der Waals surface area contributed by atoms with Gasteiger partial charge in [-0.15, -0.1) is 0 Å². The van der Waals surface area contributed by atoms with Crippen molar-refractivity contribution < 1.29 is 28.0 Å². The Bertz CT molecular complexity index is 484. The molecule has 0 fully saturated rings. The predicted octanol–water partition coefficient (Wildman–Crippen LogP) is -0.960. The molecule has 0 aromatic heterocycles. The Morgan fingerprint density at radius 2 is 1.69 bits per heavy atom. The molecule has 1 aromatic carbocycles. The molecular weight excluding hydrogens is 258 g/mol. The molecule has 0 saturated carbocycles. The van der Waals surface area contributed by atoms with Crippen LogP contribution in [0.4, 0.5) is 0 Å². The van der Waals surface area contributed by atoms with Crippen molar-refractivity contribution in [3.63, 3.8) is 0 Å². The van der Waals surface area contributed by atoms with Gasteiger partial charge in [0.2, 0.25) is 0 Å². The van der Waals surface area contributed by atoms with E-state index in [4.69, 9.17) is 9.66 Å². The number of phenols is 1. The van der Waals surface area contributed by atoms with Gasteiger partial charge in [-0.05, 0) is 12.1 Å². The Kier molecular flexibility index (Phi) is 8.17. The summed E-state index contributed by atoms with van der Waals surface area (Å²) in [4.78, 5) is 9.64. The molecule has 3 N–H and O–H groups in total. The number of hydrogen-bond acceptors (Lipinski definition) is 4. The Morgan fingerprint density at radius 1 is 1.19 bits per heavy atom. The van der Waals surface area contributed by atoms with Crippen molar-refractivity contribution in [3.8, 4) is 5.75 Å². The molecule has 0 aliphatic rings. The van der Waals surface area contributed by atoms with E-state index in [0.29, 0.717) is 0 Å². The standard InChI is InChI=1S/C7H6O6S.2Na.2H/c8-6-4(7(9)10)2-1-3-5(6)14(11,12)13;;;;/h1-3,8H,(H,9,10)(H,11,12,13);;;;. The molecule has 0 amide bonds.